The summed E-state index contributed by atoms with van der Waals surface area (Å²) < 4.78 is 29.2. The number of benzene rings is 2. The van der Waals surface area contributed by atoms with Crippen molar-refractivity contribution >= 4 is 28.7 Å². The fraction of sp³-hybridized carbons (Fsp3) is 0.0417. The SMILES string of the molecule is Nc1ncc(-c2ccc(NC(=O)Cc3cccs3)cc2)cc1-c1nnnn1-c1cccc(F)c1F. The molecule has 2 aromatic carbocycles. The highest BCUT2D eigenvalue weighted by Gasteiger charge is 2.19. The lowest BCUT2D eigenvalue weighted by Gasteiger charge is -2.10. The molecule has 35 heavy (non-hydrogen) atoms. The molecule has 5 aromatic rings. The molecule has 5 rings (SSSR count). The predicted octanol–water partition coefficient (Wildman–Crippen LogP) is 4.49. The Labute approximate surface area is 202 Å². The summed E-state index contributed by atoms with van der Waals surface area (Å²) in [6, 6.07) is 16.5. The van der Waals surface area contributed by atoms with Crippen molar-refractivity contribution in [3.05, 3.63) is 88.8 Å². The van der Waals surface area contributed by atoms with E-state index in [9.17, 15) is 13.6 Å². The van der Waals surface area contributed by atoms with Crippen LogP contribution in [0.1, 0.15) is 4.88 Å². The first kappa shape index (κ1) is 22.3. The van der Waals surface area contributed by atoms with E-state index in [2.05, 4.69) is 25.8 Å². The topological polar surface area (TPSA) is 112 Å². The van der Waals surface area contributed by atoms with Gasteiger partial charge in [0.1, 0.15) is 11.5 Å². The van der Waals surface area contributed by atoms with Gasteiger partial charge in [-0.3, -0.25) is 4.79 Å². The molecule has 0 radical (unpaired) electrons. The Morgan fingerprint density at radius 1 is 1.06 bits per heavy atom. The van der Waals surface area contributed by atoms with Gasteiger partial charge < -0.3 is 11.1 Å². The first-order chi connectivity index (χ1) is 17.0. The number of nitrogens with zero attached hydrogens (tertiary/aromatic N) is 5. The Hall–Kier alpha value is -4.51. The maximum Gasteiger partial charge on any atom is 0.229 e. The van der Waals surface area contributed by atoms with Crippen LogP contribution in [0.4, 0.5) is 20.3 Å². The maximum atomic E-state index is 14.4. The van der Waals surface area contributed by atoms with E-state index in [4.69, 9.17) is 5.73 Å². The van der Waals surface area contributed by atoms with Crippen LogP contribution in [0.25, 0.3) is 28.2 Å². The average molecular weight is 490 g/mol. The van der Waals surface area contributed by atoms with E-state index in [0.29, 0.717) is 23.2 Å². The molecule has 0 bridgehead atoms. The highest BCUT2D eigenvalue weighted by Crippen LogP contribution is 2.30. The van der Waals surface area contributed by atoms with Gasteiger partial charge >= 0.3 is 0 Å². The van der Waals surface area contributed by atoms with E-state index in [0.717, 1.165) is 21.2 Å². The number of hydrogen-bond donors (Lipinski definition) is 2. The van der Waals surface area contributed by atoms with Crippen molar-refractivity contribution < 1.29 is 13.6 Å². The van der Waals surface area contributed by atoms with Gasteiger partial charge in [-0.15, -0.1) is 16.4 Å². The van der Waals surface area contributed by atoms with Crippen LogP contribution in [0.15, 0.2) is 72.2 Å². The number of rotatable bonds is 6. The number of carbonyl (C=O) groups is 1. The van der Waals surface area contributed by atoms with Gasteiger partial charge in [0.25, 0.3) is 0 Å². The number of carbonyl (C=O) groups excluding carboxylic acids is 1. The fourth-order valence-electron chi connectivity index (χ4n) is 3.51. The molecule has 0 atom stereocenters. The van der Waals surface area contributed by atoms with Crippen molar-refractivity contribution in [1.29, 1.82) is 0 Å². The molecule has 0 unspecified atom stereocenters. The minimum absolute atomic E-state index is 0.104. The number of pyridine rings is 1. The molecule has 0 fully saturated rings. The third kappa shape index (κ3) is 4.62. The van der Waals surface area contributed by atoms with Crippen molar-refractivity contribution in [2.45, 2.75) is 6.42 Å². The molecule has 3 aromatic heterocycles. The lowest BCUT2D eigenvalue weighted by Crippen LogP contribution is -2.13. The second-order valence-electron chi connectivity index (χ2n) is 7.53. The molecule has 0 spiro atoms. The van der Waals surface area contributed by atoms with Gasteiger partial charge in [-0.2, -0.15) is 4.68 Å². The van der Waals surface area contributed by atoms with Gasteiger partial charge in [0, 0.05) is 22.3 Å². The van der Waals surface area contributed by atoms with E-state index in [-0.39, 0.29) is 23.2 Å². The molecular formula is C24H17F2N7OS. The average Bonchev–Trinajstić information content (AvgIpc) is 3.54. The molecule has 11 heteroatoms. The second kappa shape index (κ2) is 9.39. The van der Waals surface area contributed by atoms with Gasteiger partial charge in [-0.1, -0.05) is 24.3 Å². The van der Waals surface area contributed by atoms with Crippen molar-refractivity contribution in [3.63, 3.8) is 0 Å². The summed E-state index contributed by atoms with van der Waals surface area (Å²) in [7, 11) is 0. The van der Waals surface area contributed by atoms with Crippen LogP contribution in [0.5, 0.6) is 0 Å². The van der Waals surface area contributed by atoms with Gasteiger partial charge in [-0.25, -0.2) is 13.8 Å². The highest BCUT2D eigenvalue weighted by molar-refractivity contribution is 7.10. The molecule has 0 aliphatic rings. The standard InChI is InChI=1S/C24H17F2N7OS/c25-19-4-1-5-20(22(19)26)33-24(30-31-32-33)18-11-15(13-28-23(18)27)14-6-8-16(9-7-14)29-21(34)12-17-3-2-10-35-17/h1-11,13H,12H2,(H2,27,28)(H,29,34). The minimum Gasteiger partial charge on any atom is -0.383 e. The summed E-state index contributed by atoms with van der Waals surface area (Å²) >= 11 is 1.53. The number of halogens is 2. The number of hydrogen-bond acceptors (Lipinski definition) is 7. The van der Waals surface area contributed by atoms with Crippen molar-refractivity contribution in [3.8, 4) is 28.2 Å². The Morgan fingerprint density at radius 3 is 2.66 bits per heavy atom. The summed E-state index contributed by atoms with van der Waals surface area (Å²) in [5, 5.41) is 16.2. The summed E-state index contributed by atoms with van der Waals surface area (Å²) in [6.45, 7) is 0. The number of nitrogen functional groups attached to an aromatic ring is 1. The van der Waals surface area contributed by atoms with Crippen molar-refractivity contribution in [2.75, 3.05) is 11.1 Å². The third-order valence-corrected chi connectivity index (χ3v) is 6.08. The molecule has 0 aliphatic heterocycles. The Bertz CT molecular complexity index is 1500. The lowest BCUT2D eigenvalue weighted by atomic mass is 10.0. The minimum atomic E-state index is -1.08. The fourth-order valence-corrected chi connectivity index (χ4v) is 4.21. The van der Waals surface area contributed by atoms with Crippen molar-refractivity contribution in [2.24, 2.45) is 0 Å². The van der Waals surface area contributed by atoms with Crippen LogP contribution in [-0.2, 0) is 11.2 Å². The van der Waals surface area contributed by atoms with Crippen LogP contribution in [0.3, 0.4) is 0 Å². The van der Waals surface area contributed by atoms with Gasteiger partial charge in [-0.05, 0) is 57.8 Å². The summed E-state index contributed by atoms with van der Waals surface area (Å²) in [5.41, 5.74) is 8.42. The quantitative estimate of drug-likeness (QED) is 0.363. The zero-order valence-corrected chi connectivity index (χ0v) is 18.8. The van der Waals surface area contributed by atoms with Crippen LogP contribution >= 0.6 is 11.3 Å². The van der Waals surface area contributed by atoms with Gasteiger partial charge in [0.05, 0.1) is 12.0 Å². The molecule has 3 heterocycles. The van der Waals surface area contributed by atoms with E-state index in [1.54, 1.807) is 24.4 Å². The van der Waals surface area contributed by atoms with Gasteiger partial charge in [0.2, 0.25) is 5.91 Å². The Balaban J connectivity index is 1.41. The van der Waals surface area contributed by atoms with E-state index in [1.165, 1.54) is 23.5 Å². The highest BCUT2D eigenvalue weighted by atomic mass is 32.1. The zero-order valence-electron chi connectivity index (χ0n) is 18.0. The second-order valence-corrected chi connectivity index (χ2v) is 8.56. The number of anilines is 2. The molecule has 0 saturated carbocycles. The molecule has 3 N–H and O–H groups in total. The van der Waals surface area contributed by atoms with Crippen molar-refractivity contribution in [1.82, 2.24) is 25.2 Å². The zero-order chi connectivity index (χ0) is 24.4. The Kier molecular flexibility index (Phi) is 5.98. The summed E-state index contributed by atoms with van der Waals surface area (Å²) in [4.78, 5) is 17.5. The Morgan fingerprint density at radius 2 is 1.89 bits per heavy atom. The molecule has 1 amide bonds. The predicted molar refractivity (Wildman–Crippen MR) is 129 cm³/mol. The van der Waals surface area contributed by atoms with E-state index in [1.807, 2.05) is 29.6 Å². The summed E-state index contributed by atoms with van der Waals surface area (Å²) in [6.07, 6.45) is 1.89. The summed E-state index contributed by atoms with van der Waals surface area (Å²) in [5.74, 6) is -1.97. The molecule has 0 saturated heterocycles. The van der Waals surface area contributed by atoms with Gasteiger partial charge in [0.15, 0.2) is 17.5 Å². The van der Waals surface area contributed by atoms with E-state index < -0.39 is 11.6 Å². The smallest absolute Gasteiger partial charge is 0.229 e. The first-order valence-corrected chi connectivity index (χ1v) is 11.3. The molecule has 174 valence electrons. The third-order valence-electron chi connectivity index (χ3n) is 5.21. The molecule has 8 nitrogen and oxygen atoms in total. The number of tetrazole rings is 1. The van der Waals surface area contributed by atoms with Crippen LogP contribution in [0.2, 0.25) is 0 Å². The number of nitrogens with two attached hydrogens (primary N) is 1. The normalized spacial score (nSPS) is 10.9. The van der Waals surface area contributed by atoms with Crippen LogP contribution in [-0.4, -0.2) is 31.1 Å². The van der Waals surface area contributed by atoms with Crippen LogP contribution in [0, 0.1) is 11.6 Å². The lowest BCUT2D eigenvalue weighted by molar-refractivity contribution is -0.115. The largest absolute Gasteiger partial charge is 0.383 e. The molecule has 0 aliphatic carbocycles. The first-order valence-electron chi connectivity index (χ1n) is 10.4. The number of aromatic nitrogens is 5. The number of thiophene rings is 1. The number of amides is 1. The van der Waals surface area contributed by atoms with Crippen LogP contribution < -0.4 is 11.1 Å². The molecular weight excluding hydrogens is 472 g/mol. The van der Waals surface area contributed by atoms with E-state index >= 15 is 0 Å². The number of nitrogens with one attached hydrogen (secondary N) is 1. The maximum absolute atomic E-state index is 14.4. The monoisotopic (exact) mass is 489 g/mol.